The van der Waals surface area contributed by atoms with Crippen LogP contribution in [0.25, 0.3) is 0 Å². The zero-order chi connectivity index (χ0) is 16.8. The van der Waals surface area contributed by atoms with Crippen molar-refractivity contribution in [1.82, 2.24) is 0 Å². The number of aliphatic imine (C=N–C) groups is 2. The first-order chi connectivity index (χ1) is 10.9. The van der Waals surface area contributed by atoms with Crippen LogP contribution in [0.3, 0.4) is 0 Å². The van der Waals surface area contributed by atoms with Crippen LogP contribution in [-0.4, -0.2) is 17.9 Å². The second-order valence-electron chi connectivity index (χ2n) is 4.51. The quantitative estimate of drug-likeness (QED) is 0.282. The summed E-state index contributed by atoms with van der Waals surface area (Å²) in [5.41, 5.74) is 22.6. The van der Waals surface area contributed by atoms with Crippen molar-refractivity contribution in [3.63, 3.8) is 0 Å². The summed E-state index contributed by atoms with van der Waals surface area (Å²) in [7, 11) is 0. The van der Waals surface area contributed by atoms with Crippen LogP contribution in [-0.2, 0) is 0 Å². The van der Waals surface area contributed by atoms with E-state index >= 15 is 0 Å². The van der Waals surface area contributed by atoms with Gasteiger partial charge in [-0.2, -0.15) is 0 Å². The zero-order valence-corrected chi connectivity index (χ0v) is 12.1. The summed E-state index contributed by atoms with van der Waals surface area (Å²) < 4.78 is 5.27. The number of rotatable bonds is 4. The fraction of sp³-hybridized carbons (Fsp3) is 0. The average molecular weight is 312 g/mol. The summed E-state index contributed by atoms with van der Waals surface area (Å²) in [6, 6.07) is 12.8. The lowest BCUT2D eigenvalue weighted by Gasteiger charge is -2.05. The van der Waals surface area contributed by atoms with E-state index in [0.717, 1.165) is 0 Å². The molecule has 0 bridgehead atoms. The van der Waals surface area contributed by atoms with Crippen LogP contribution in [0.2, 0.25) is 0 Å². The lowest BCUT2D eigenvalue weighted by Crippen LogP contribution is -2.21. The molecule has 0 aliphatic carbocycles. The molecule has 8 heteroatoms. The second kappa shape index (κ2) is 6.94. The predicted molar refractivity (Wildman–Crippen MR) is 88.8 cm³/mol. The van der Waals surface area contributed by atoms with Gasteiger partial charge in [0.25, 0.3) is 0 Å². The van der Waals surface area contributed by atoms with Gasteiger partial charge in [-0.15, -0.1) is 0 Å². The largest absolute Gasteiger partial charge is 0.423 e. The minimum atomic E-state index is -0.525. The van der Waals surface area contributed by atoms with E-state index < -0.39 is 5.97 Å². The van der Waals surface area contributed by atoms with Crippen LogP contribution in [0.1, 0.15) is 10.4 Å². The molecule has 0 aromatic heterocycles. The van der Waals surface area contributed by atoms with Crippen molar-refractivity contribution in [3.8, 4) is 5.75 Å². The molecule has 0 saturated carbocycles. The first-order valence-electron chi connectivity index (χ1n) is 6.55. The summed E-state index contributed by atoms with van der Waals surface area (Å²) >= 11 is 0. The highest BCUT2D eigenvalue weighted by atomic mass is 16.5. The van der Waals surface area contributed by atoms with Crippen LogP contribution in [0, 0.1) is 0 Å². The molecule has 0 unspecified atom stereocenters. The number of hydrogen-bond acceptors (Lipinski definition) is 4. The maximum absolute atomic E-state index is 12.1. The fourth-order valence-corrected chi connectivity index (χ4v) is 1.75. The van der Waals surface area contributed by atoms with Gasteiger partial charge < -0.3 is 27.7 Å². The molecule has 8 N–H and O–H groups in total. The number of nitrogens with two attached hydrogens (primary N) is 4. The van der Waals surface area contributed by atoms with E-state index in [1.54, 1.807) is 48.5 Å². The number of esters is 1. The monoisotopic (exact) mass is 312 g/mol. The lowest BCUT2D eigenvalue weighted by atomic mass is 10.2. The first kappa shape index (κ1) is 15.8. The summed E-state index contributed by atoms with van der Waals surface area (Å²) in [6.45, 7) is 0. The fourth-order valence-electron chi connectivity index (χ4n) is 1.75. The minimum Gasteiger partial charge on any atom is -0.423 e. The molecule has 0 aliphatic heterocycles. The van der Waals surface area contributed by atoms with E-state index in [0.29, 0.717) is 22.7 Å². The van der Waals surface area contributed by atoms with Crippen LogP contribution in [0.15, 0.2) is 58.5 Å². The lowest BCUT2D eigenvalue weighted by molar-refractivity contribution is 0.0735. The highest BCUT2D eigenvalue weighted by Crippen LogP contribution is 2.21. The van der Waals surface area contributed by atoms with E-state index in [9.17, 15) is 4.79 Å². The van der Waals surface area contributed by atoms with Crippen molar-refractivity contribution in [2.24, 2.45) is 32.9 Å². The van der Waals surface area contributed by atoms with Gasteiger partial charge in [0.05, 0.1) is 16.9 Å². The molecule has 0 aliphatic rings. The standard InChI is InChI=1S/C15H16N6O2/c16-14(17)20-10-6-4-9(5-7-10)13(22)23-12-3-1-2-11(8-12)21-15(18)19/h1-8H,(H4,16,17,20)(H4,18,19,21). The Morgan fingerprint density at radius 2 is 1.43 bits per heavy atom. The van der Waals surface area contributed by atoms with Gasteiger partial charge in [0.2, 0.25) is 0 Å². The van der Waals surface area contributed by atoms with Gasteiger partial charge >= 0.3 is 5.97 Å². The molecule has 0 heterocycles. The molecular formula is C15H16N6O2. The Kier molecular flexibility index (Phi) is 4.78. The molecular weight excluding hydrogens is 296 g/mol. The van der Waals surface area contributed by atoms with Gasteiger partial charge in [0, 0.05) is 6.07 Å². The van der Waals surface area contributed by atoms with Gasteiger partial charge in [-0.1, -0.05) is 6.07 Å². The van der Waals surface area contributed by atoms with Gasteiger partial charge in [-0.05, 0) is 36.4 Å². The maximum atomic E-state index is 12.1. The Hall–Kier alpha value is -3.55. The number of nitrogens with zero attached hydrogens (tertiary/aromatic N) is 2. The molecule has 2 aromatic carbocycles. The summed E-state index contributed by atoms with van der Waals surface area (Å²) in [5, 5.41) is 0. The summed E-state index contributed by atoms with van der Waals surface area (Å²) in [5.74, 6) is -0.338. The SMILES string of the molecule is NC(N)=Nc1ccc(C(=O)Oc2cccc(N=C(N)N)c2)cc1. The number of benzene rings is 2. The van der Waals surface area contributed by atoms with Crippen LogP contribution in [0.5, 0.6) is 5.75 Å². The number of carbonyl (C=O) groups excluding carboxylic acids is 1. The Bertz CT molecular complexity index is 760. The highest BCUT2D eigenvalue weighted by Gasteiger charge is 2.09. The third-order valence-electron chi connectivity index (χ3n) is 2.65. The third-order valence-corrected chi connectivity index (χ3v) is 2.65. The van der Waals surface area contributed by atoms with E-state index in [1.807, 2.05) is 0 Å². The van der Waals surface area contributed by atoms with Crippen molar-refractivity contribution >= 4 is 29.3 Å². The Morgan fingerprint density at radius 1 is 0.826 bits per heavy atom. The minimum absolute atomic E-state index is 0.0585. The van der Waals surface area contributed by atoms with E-state index in [2.05, 4.69) is 9.98 Å². The maximum Gasteiger partial charge on any atom is 0.343 e. The molecule has 23 heavy (non-hydrogen) atoms. The molecule has 0 spiro atoms. The first-order valence-corrected chi connectivity index (χ1v) is 6.55. The van der Waals surface area contributed by atoms with E-state index in [-0.39, 0.29) is 11.9 Å². The third kappa shape index (κ3) is 4.74. The summed E-state index contributed by atoms with van der Waals surface area (Å²) in [4.78, 5) is 19.8. The molecule has 2 rings (SSSR count). The number of hydrogen-bond donors (Lipinski definition) is 4. The highest BCUT2D eigenvalue weighted by molar-refractivity contribution is 5.91. The van der Waals surface area contributed by atoms with E-state index in [1.165, 1.54) is 0 Å². The van der Waals surface area contributed by atoms with Crippen molar-refractivity contribution < 1.29 is 9.53 Å². The zero-order valence-electron chi connectivity index (χ0n) is 12.1. The van der Waals surface area contributed by atoms with E-state index in [4.69, 9.17) is 27.7 Å². The molecule has 8 nitrogen and oxygen atoms in total. The Balaban J connectivity index is 2.13. The molecule has 2 aromatic rings. The molecule has 0 saturated heterocycles. The van der Waals surface area contributed by atoms with Gasteiger partial charge in [0.15, 0.2) is 11.9 Å². The van der Waals surface area contributed by atoms with Crippen LogP contribution in [0.4, 0.5) is 11.4 Å². The Morgan fingerprint density at radius 3 is 2.04 bits per heavy atom. The number of ether oxygens (including phenoxy) is 1. The topological polar surface area (TPSA) is 155 Å². The Labute approximate surface area is 132 Å². The molecule has 0 atom stereocenters. The normalized spacial score (nSPS) is 9.74. The average Bonchev–Trinajstić information content (AvgIpc) is 2.47. The van der Waals surface area contributed by atoms with Crippen molar-refractivity contribution in [1.29, 1.82) is 0 Å². The molecule has 0 radical (unpaired) electrons. The van der Waals surface area contributed by atoms with Crippen molar-refractivity contribution in [2.75, 3.05) is 0 Å². The van der Waals surface area contributed by atoms with Crippen LogP contribution >= 0.6 is 0 Å². The van der Waals surface area contributed by atoms with Gasteiger partial charge in [-0.25, -0.2) is 14.8 Å². The molecule has 118 valence electrons. The second-order valence-corrected chi connectivity index (χ2v) is 4.51. The van der Waals surface area contributed by atoms with Gasteiger partial charge in [0.1, 0.15) is 5.75 Å². The van der Waals surface area contributed by atoms with Crippen LogP contribution < -0.4 is 27.7 Å². The number of guanidine groups is 2. The van der Waals surface area contributed by atoms with Gasteiger partial charge in [-0.3, -0.25) is 0 Å². The predicted octanol–water partition coefficient (Wildman–Crippen LogP) is 0.716. The van der Waals surface area contributed by atoms with Crippen molar-refractivity contribution in [2.45, 2.75) is 0 Å². The number of carbonyl (C=O) groups is 1. The smallest absolute Gasteiger partial charge is 0.343 e. The van der Waals surface area contributed by atoms with Crippen molar-refractivity contribution in [3.05, 3.63) is 54.1 Å². The molecule has 0 fully saturated rings. The summed E-state index contributed by atoms with van der Waals surface area (Å²) in [6.07, 6.45) is 0. The molecule has 0 amide bonds.